The van der Waals surface area contributed by atoms with Gasteiger partial charge >= 0.3 is 0 Å². The molecule has 3 unspecified atom stereocenters. The summed E-state index contributed by atoms with van der Waals surface area (Å²) in [7, 11) is 0. The average Bonchev–Trinajstić information content (AvgIpc) is 1.93. The van der Waals surface area contributed by atoms with Crippen molar-refractivity contribution in [1.82, 2.24) is 0 Å². The maximum absolute atomic E-state index is 9.20. The normalized spacial score (nSPS) is 33.7. The number of hydrogen-bond acceptors (Lipinski definition) is 1. The Morgan fingerprint density at radius 3 is 2.91 bits per heavy atom. The van der Waals surface area contributed by atoms with Gasteiger partial charge in [0.05, 0.1) is 6.10 Å². The SMILES string of the molecule is CC(O)CC1CCC=CC1C. The van der Waals surface area contributed by atoms with Gasteiger partial charge in [0.15, 0.2) is 0 Å². The molecule has 0 saturated carbocycles. The van der Waals surface area contributed by atoms with Crippen LogP contribution in [0.3, 0.4) is 0 Å². The van der Waals surface area contributed by atoms with Gasteiger partial charge in [-0.3, -0.25) is 0 Å². The van der Waals surface area contributed by atoms with E-state index >= 15 is 0 Å². The largest absolute Gasteiger partial charge is 0.393 e. The van der Waals surface area contributed by atoms with Crippen molar-refractivity contribution in [2.24, 2.45) is 11.8 Å². The zero-order valence-electron chi connectivity index (χ0n) is 7.46. The first-order valence-electron chi connectivity index (χ1n) is 4.55. The van der Waals surface area contributed by atoms with Crippen molar-refractivity contribution in [2.45, 2.75) is 39.2 Å². The molecule has 0 aliphatic heterocycles. The molecule has 11 heavy (non-hydrogen) atoms. The molecule has 0 heterocycles. The summed E-state index contributed by atoms with van der Waals surface area (Å²) in [5, 5.41) is 9.20. The van der Waals surface area contributed by atoms with Crippen LogP contribution in [0.5, 0.6) is 0 Å². The number of rotatable bonds is 2. The molecule has 0 aromatic heterocycles. The summed E-state index contributed by atoms with van der Waals surface area (Å²) in [4.78, 5) is 0. The molecule has 1 nitrogen and oxygen atoms in total. The quantitative estimate of drug-likeness (QED) is 0.605. The number of aliphatic hydroxyl groups excluding tert-OH is 1. The Morgan fingerprint density at radius 1 is 1.64 bits per heavy atom. The molecule has 0 bridgehead atoms. The van der Waals surface area contributed by atoms with Crippen LogP contribution in [0.1, 0.15) is 33.1 Å². The Bertz CT molecular complexity index is 138. The van der Waals surface area contributed by atoms with Gasteiger partial charge in [-0.1, -0.05) is 19.1 Å². The predicted octanol–water partition coefficient (Wildman–Crippen LogP) is 2.36. The highest BCUT2D eigenvalue weighted by Gasteiger charge is 2.18. The third-order valence-corrected chi connectivity index (χ3v) is 2.53. The lowest BCUT2D eigenvalue weighted by Crippen LogP contribution is -2.18. The molecule has 0 spiro atoms. The zero-order chi connectivity index (χ0) is 8.27. The van der Waals surface area contributed by atoms with Gasteiger partial charge in [-0.2, -0.15) is 0 Å². The van der Waals surface area contributed by atoms with Gasteiger partial charge in [-0.15, -0.1) is 0 Å². The van der Waals surface area contributed by atoms with Crippen LogP contribution >= 0.6 is 0 Å². The predicted molar refractivity (Wildman–Crippen MR) is 47.3 cm³/mol. The standard InChI is InChI=1S/C10H18O/c1-8-5-3-4-6-10(8)7-9(2)11/h3,5,8-11H,4,6-7H2,1-2H3. The summed E-state index contributed by atoms with van der Waals surface area (Å²) in [6.45, 7) is 4.12. The van der Waals surface area contributed by atoms with E-state index in [1.54, 1.807) is 0 Å². The van der Waals surface area contributed by atoms with Crippen LogP contribution in [0.2, 0.25) is 0 Å². The Balaban J connectivity index is 2.38. The van der Waals surface area contributed by atoms with Crippen molar-refractivity contribution < 1.29 is 5.11 Å². The smallest absolute Gasteiger partial charge is 0.0515 e. The van der Waals surface area contributed by atoms with E-state index in [0.29, 0.717) is 11.8 Å². The monoisotopic (exact) mass is 154 g/mol. The van der Waals surface area contributed by atoms with E-state index in [1.807, 2.05) is 6.92 Å². The molecule has 3 atom stereocenters. The number of hydrogen-bond donors (Lipinski definition) is 1. The maximum atomic E-state index is 9.20. The van der Waals surface area contributed by atoms with Gasteiger partial charge in [-0.25, -0.2) is 0 Å². The molecule has 0 amide bonds. The van der Waals surface area contributed by atoms with E-state index in [0.717, 1.165) is 6.42 Å². The lowest BCUT2D eigenvalue weighted by Gasteiger charge is -2.25. The first-order valence-corrected chi connectivity index (χ1v) is 4.55. The molecule has 0 aromatic rings. The van der Waals surface area contributed by atoms with Gasteiger partial charge in [-0.05, 0) is 38.0 Å². The van der Waals surface area contributed by atoms with E-state index in [2.05, 4.69) is 19.1 Å². The molecule has 0 aromatic carbocycles. The van der Waals surface area contributed by atoms with E-state index in [1.165, 1.54) is 12.8 Å². The minimum absolute atomic E-state index is 0.131. The zero-order valence-corrected chi connectivity index (χ0v) is 7.46. The summed E-state index contributed by atoms with van der Waals surface area (Å²) < 4.78 is 0. The second-order valence-corrected chi connectivity index (χ2v) is 3.71. The number of allylic oxidation sites excluding steroid dienone is 2. The van der Waals surface area contributed by atoms with Crippen molar-refractivity contribution in [3.05, 3.63) is 12.2 Å². The van der Waals surface area contributed by atoms with E-state index in [-0.39, 0.29) is 6.10 Å². The van der Waals surface area contributed by atoms with E-state index in [9.17, 15) is 5.11 Å². The van der Waals surface area contributed by atoms with Crippen molar-refractivity contribution in [1.29, 1.82) is 0 Å². The van der Waals surface area contributed by atoms with E-state index in [4.69, 9.17) is 0 Å². The molecular weight excluding hydrogens is 136 g/mol. The molecule has 0 fully saturated rings. The third kappa shape index (κ3) is 2.66. The van der Waals surface area contributed by atoms with Crippen molar-refractivity contribution >= 4 is 0 Å². The third-order valence-electron chi connectivity index (χ3n) is 2.53. The van der Waals surface area contributed by atoms with Crippen molar-refractivity contribution in [3.8, 4) is 0 Å². The van der Waals surface area contributed by atoms with E-state index < -0.39 is 0 Å². The fourth-order valence-electron chi connectivity index (χ4n) is 1.81. The Labute approximate surface area is 69.1 Å². The highest BCUT2D eigenvalue weighted by atomic mass is 16.3. The van der Waals surface area contributed by atoms with Crippen LogP contribution in [0, 0.1) is 11.8 Å². The molecule has 0 radical (unpaired) electrons. The van der Waals surface area contributed by atoms with Crippen LogP contribution in [0.15, 0.2) is 12.2 Å². The molecule has 1 aliphatic rings. The molecule has 1 heteroatoms. The van der Waals surface area contributed by atoms with Crippen LogP contribution in [0.4, 0.5) is 0 Å². The lowest BCUT2D eigenvalue weighted by molar-refractivity contribution is 0.144. The highest BCUT2D eigenvalue weighted by molar-refractivity contribution is 4.95. The average molecular weight is 154 g/mol. The van der Waals surface area contributed by atoms with Gasteiger partial charge in [0, 0.05) is 0 Å². The summed E-state index contributed by atoms with van der Waals surface area (Å²) in [5.74, 6) is 1.37. The first-order chi connectivity index (χ1) is 5.20. The first kappa shape index (κ1) is 8.79. The maximum Gasteiger partial charge on any atom is 0.0515 e. The van der Waals surface area contributed by atoms with Gasteiger partial charge in [0.2, 0.25) is 0 Å². The molecule has 1 rings (SSSR count). The summed E-state index contributed by atoms with van der Waals surface area (Å²) in [5.41, 5.74) is 0. The molecular formula is C10H18O. The lowest BCUT2D eigenvalue weighted by atomic mass is 9.82. The fourth-order valence-corrected chi connectivity index (χ4v) is 1.81. The molecule has 64 valence electrons. The summed E-state index contributed by atoms with van der Waals surface area (Å²) >= 11 is 0. The fraction of sp³-hybridized carbons (Fsp3) is 0.800. The summed E-state index contributed by atoms with van der Waals surface area (Å²) in [6.07, 6.45) is 7.81. The van der Waals surface area contributed by atoms with Crippen molar-refractivity contribution in [3.63, 3.8) is 0 Å². The van der Waals surface area contributed by atoms with Crippen LogP contribution < -0.4 is 0 Å². The number of aliphatic hydroxyl groups is 1. The van der Waals surface area contributed by atoms with Gasteiger partial charge < -0.3 is 5.11 Å². The van der Waals surface area contributed by atoms with Gasteiger partial charge in [0.25, 0.3) is 0 Å². The molecule has 0 saturated heterocycles. The highest BCUT2D eigenvalue weighted by Crippen LogP contribution is 2.27. The molecule has 1 aliphatic carbocycles. The van der Waals surface area contributed by atoms with Crippen molar-refractivity contribution in [2.75, 3.05) is 0 Å². The van der Waals surface area contributed by atoms with Crippen LogP contribution in [0.25, 0.3) is 0 Å². The second-order valence-electron chi connectivity index (χ2n) is 3.71. The Kier molecular flexibility index (Phi) is 3.13. The second kappa shape index (κ2) is 3.91. The van der Waals surface area contributed by atoms with Crippen LogP contribution in [-0.2, 0) is 0 Å². The summed E-state index contributed by atoms with van der Waals surface area (Å²) in [6, 6.07) is 0. The Morgan fingerprint density at radius 2 is 2.36 bits per heavy atom. The Hall–Kier alpha value is -0.300. The van der Waals surface area contributed by atoms with Crippen LogP contribution in [-0.4, -0.2) is 11.2 Å². The molecule has 1 N–H and O–H groups in total. The minimum Gasteiger partial charge on any atom is -0.393 e. The topological polar surface area (TPSA) is 20.2 Å². The van der Waals surface area contributed by atoms with Gasteiger partial charge in [0.1, 0.15) is 0 Å². The minimum atomic E-state index is -0.131.